The maximum absolute atomic E-state index is 12.8. The minimum atomic E-state index is -3.05. The fourth-order valence-corrected chi connectivity index (χ4v) is 6.44. The Morgan fingerprint density at radius 2 is 1.97 bits per heavy atom. The first kappa shape index (κ1) is 22.8. The fraction of sp³-hybridized carbons (Fsp3) is 0.318. The summed E-state index contributed by atoms with van der Waals surface area (Å²) >= 11 is 7.32. The van der Waals surface area contributed by atoms with E-state index in [1.165, 1.54) is 11.8 Å². The van der Waals surface area contributed by atoms with Crippen LogP contribution in [0.3, 0.4) is 0 Å². The summed E-state index contributed by atoms with van der Waals surface area (Å²) in [7, 11) is -1.39. The van der Waals surface area contributed by atoms with Gasteiger partial charge in [0.05, 0.1) is 17.3 Å². The first-order chi connectivity index (χ1) is 15.2. The summed E-state index contributed by atoms with van der Waals surface area (Å²) in [4.78, 5) is 14.3. The van der Waals surface area contributed by atoms with Gasteiger partial charge in [-0.25, -0.2) is 8.42 Å². The topological polar surface area (TPSA) is 85.2 Å². The Kier molecular flexibility index (Phi) is 6.60. The molecule has 3 aromatic rings. The molecule has 168 valence electrons. The Bertz CT molecular complexity index is 1240. The number of benzene rings is 2. The van der Waals surface area contributed by atoms with E-state index in [2.05, 4.69) is 10.2 Å². The van der Waals surface area contributed by atoms with Crippen molar-refractivity contribution in [2.75, 3.05) is 24.3 Å². The van der Waals surface area contributed by atoms with Crippen LogP contribution in [-0.2, 0) is 14.6 Å². The predicted octanol–water partition coefficient (Wildman–Crippen LogP) is 3.63. The molecule has 0 N–H and O–H groups in total. The molecule has 32 heavy (non-hydrogen) atoms. The highest BCUT2D eigenvalue weighted by Gasteiger charge is 2.32. The van der Waals surface area contributed by atoms with Gasteiger partial charge in [-0.2, -0.15) is 0 Å². The highest BCUT2D eigenvalue weighted by molar-refractivity contribution is 7.99. The van der Waals surface area contributed by atoms with Gasteiger partial charge in [0.25, 0.3) is 0 Å². The number of carbonyl (C=O) groups is 1. The molecule has 1 aliphatic rings. The molecule has 1 aliphatic heterocycles. The van der Waals surface area contributed by atoms with Crippen molar-refractivity contribution in [3.63, 3.8) is 0 Å². The second-order valence-electron chi connectivity index (χ2n) is 7.84. The van der Waals surface area contributed by atoms with E-state index in [-0.39, 0.29) is 29.2 Å². The van der Waals surface area contributed by atoms with Gasteiger partial charge in [0.2, 0.25) is 5.91 Å². The van der Waals surface area contributed by atoms with Gasteiger partial charge < -0.3 is 4.90 Å². The van der Waals surface area contributed by atoms with Crippen molar-refractivity contribution in [2.45, 2.75) is 24.5 Å². The zero-order valence-electron chi connectivity index (χ0n) is 17.7. The molecule has 0 bridgehead atoms. The summed E-state index contributed by atoms with van der Waals surface area (Å²) in [6.45, 7) is 2.01. The first-order valence-corrected chi connectivity index (χ1v) is 13.3. The number of hydrogen-bond acceptors (Lipinski definition) is 6. The summed E-state index contributed by atoms with van der Waals surface area (Å²) in [5.74, 6) is 0.813. The summed E-state index contributed by atoms with van der Waals surface area (Å²) in [6, 6.07) is 15.1. The van der Waals surface area contributed by atoms with Crippen LogP contribution < -0.4 is 0 Å². The average molecular weight is 491 g/mol. The zero-order chi connectivity index (χ0) is 22.9. The average Bonchev–Trinajstić information content (AvgIpc) is 3.35. The largest absolute Gasteiger partial charge is 0.341 e. The van der Waals surface area contributed by atoms with Crippen LogP contribution in [0.5, 0.6) is 0 Å². The Labute approximate surface area is 196 Å². The molecule has 0 saturated carbocycles. The number of halogens is 1. The smallest absolute Gasteiger partial charge is 0.233 e. The Morgan fingerprint density at radius 3 is 2.62 bits per heavy atom. The van der Waals surface area contributed by atoms with Gasteiger partial charge in [-0.15, -0.1) is 10.2 Å². The SMILES string of the molecule is Cc1cccc(-n2c(SCC(=O)N(C)[C@H]3CCS(=O)(=O)C3)nnc2-c2ccc(Cl)cc2)c1. The molecule has 1 aromatic heterocycles. The molecule has 0 aliphatic carbocycles. The van der Waals surface area contributed by atoms with Gasteiger partial charge >= 0.3 is 0 Å². The van der Waals surface area contributed by atoms with E-state index < -0.39 is 9.84 Å². The molecule has 0 radical (unpaired) electrons. The van der Waals surface area contributed by atoms with Crippen molar-refractivity contribution >= 4 is 39.1 Å². The summed E-state index contributed by atoms with van der Waals surface area (Å²) in [6.07, 6.45) is 0.482. The summed E-state index contributed by atoms with van der Waals surface area (Å²) in [5, 5.41) is 9.95. The van der Waals surface area contributed by atoms with Gasteiger partial charge in [0.15, 0.2) is 20.8 Å². The minimum Gasteiger partial charge on any atom is -0.341 e. The lowest BCUT2D eigenvalue weighted by atomic mass is 10.2. The minimum absolute atomic E-state index is 0.0279. The van der Waals surface area contributed by atoms with E-state index in [0.717, 1.165) is 16.8 Å². The van der Waals surface area contributed by atoms with E-state index in [0.29, 0.717) is 22.4 Å². The van der Waals surface area contributed by atoms with Crippen molar-refractivity contribution < 1.29 is 13.2 Å². The highest BCUT2D eigenvalue weighted by atomic mass is 35.5. The van der Waals surface area contributed by atoms with E-state index in [9.17, 15) is 13.2 Å². The molecule has 4 rings (SSSR count). The third kappa shape index (κ3) is 5.00. The summed E-state index contributed by atoms with van der Waals surface area (Å²) in [5.41, 5.74) is 2.84. The van der Waals surface area contributed by atoms with Crippen molar-refractivity contribution in [3.05, 3.63) is 59.1 Å². The van der Waals surface area contributed by atoms with E-state index in [1.807, 2.05) is 47.9 Å². The number of rotatable bonds is 6. The number of nitrogens with zero attached hydrogens (tertiary/aromatic N) is 4. The number of carbonyl (C=O) groups excluding carboxylic acids is 1. The standard InChI is InChI=1S/C22H23ClN4O3S2/c1-15-4-3-5-18(12-15)27-21(16-6-8-17(23)9-7-16)24-25-22(27)31-13-20(28)26(2)19-10-11-32(29,30)14-19/h3-9,12,19H,10-11,13-14H2,1-2H3/t19-/m0/s1. The number of amides is 1. The number of hydrogen-bond donors (Lipinski definition) is 0. The van der Waals surface area contributed by atoms with E-state index in [1.54, 1.807) is 24.1 Å². The number of aromatic nitrogens is 3. The molecule has 2 aromatic carbocycles. The maximum Gasteiger partial charge on any atom is 0.233 e. The van der Waals surface area contributed by atoms with Gasteiger partial charge in [-0.3, -0.25) is 9.36 Å². The lowest BCUT2D eigenvalue weighted by Crippen LogP contribution is -2.38. The highest BCUT2D eigenvalue weighted by Crippen LogP contribution is 2.29. The van der Waals surface area contributed by atoms with Crippen LogP contribution in [0.15, 0.2) is 53.7 Å². The third-order valence-corrected chi connectivity index (χ3v) is 8.39. The molecular weight excluding hydrogens is 468 g/mol. The first-order valence-electron chi connectivity index (χ1n) is 10.1. The predicted molar refractivity (Wildman–Crippen MR) is 127 cm³/mol. The second-order valence-corrected chi connectivity index (χ2v) is 11.4. The maximum atomic E-state index is 12.8. The summed E-state index contributed by atoms with van der Waals surface area (Å²) < 4.78 is 25.4. The quantitative estimate of drug-likeness (QED) is 0.490. The lowest BCUT2D eigenvalue weighted by Gasteiger charge is -2.23. The molecule has 2 heterocycles. The van der Waals surface area contributed by atoms with Crippen molar-refractivity contribution in [3.8, 4) is 17.1 Å². The van der Waals surface area contributed by atoms with Crippen LogP contribution in [0.1, 0.15) is 12.0 Å². The molecule has 0 unspecified atom stereocenters. The van der Waals surface area contributed by atoms with Crippen LogP contribution in [0.4, 0.5) is 0 Å². The van der Waals surface area contributed by atoms with Crippen LogP contribution >= 0.6 is 23.4 Å². The van der Waals surface area contributed by atoms with Crippen molar-refractivity contribution in [2.24, 2.45) is 0 Å². The monoisotopic (exact) mass is 490 g/mol. The molecule has 10 heteroatoms. The number of thioether (sulfide) groups is 1. The van der Waals surface area contributed by atoms with Crippen LogP contribution in [0, 0.1) is 6.92 Å². The van der Waals surface area contributed by atoms with Gasteiger partial charge in [-0.05, 0) is 55.3 Å². The zero-order valence-corrected chi connectivity index (χ0v) is 20.1. The molecule has 1 atom stereocenters. The number of aryl methyl sites for hydroxylation is 1. The normalized spacial score (nSPS) is 17.4. The van der Waals surface area contributed by atoms with Crippen molar-refractivity contribution in [1.29, 1.82) is 0 Å². The van der Waals surface area contributed by atoms with Gasteiger partial charge in [0.1, 0.15) is 0 Å². The lowest BCUT2D eigenvalue weighted by molar-refractivity contribution is -0.128. The molecule has 1 amide bonds. The second kappa shape index (κ2) is 9.25. The van der Waals surface area contributed by atoms with E-state index in [4.69, 9.17) is 11.6 Å². The number of sulfone groups is 1. The Morgan fingerprint density at radius 1 is 1.22 bits per heavy atom. The molecule has 1 fully saturated rings. The Hall–Kier alpha value is -2.36. The van der Waals surface area contributed by atoms with Crippen LogP contribution in [0.2, 0.25) is 5.02 Å². The molecule has 0 spiro atoms. The molecule has 1 saturated heterocycles. The Balaban J connectivity index is 1.60. The van der Waals surface area contributed by atoms with Crippen LogP contribution in [-0.4, -0.2) is 64.3 Å². The van der Waals surface area contributed by atoms with E-state index >= 15 is 0 Å². The van der Waals surface area contributed by atoms with Crippen LogP contribution in [0.25, 0.3) is 17.1 Å². The van der Waals surface area contributed by atoms with Crippen molar-refractivity contribution in [1.82, 2.24) is 19.7 Å². The molecular formula is C22H23ClN4O3S2. The van der Waals surface area contributed by atoms with Gasteiger partial charge in [0, 0.05) is 29.4 Å². The molecule has 7 nitrogen and oxygen atoms in total. The van der Waals surface area contributed by atoms with Gasteiger partial charge in [-0.1, -0.05) is 35.5 Å². The fourth-order valence-electron chi connectivity index (χ4n) is 3.66. The third-order valence-electron chi connectivity index (χ3n) is 5.47.